The molecule has 3 atom stereocenters. The van der Waals surface area contributed by atoms with Crippen LogP contribution in [0.5, 0.6) is 23.0 Å². The van der Waals surface area contributed by atoms with Crippen molar-refractivity contribution in [3.63, 3.8) is 0 Å². The quantitative estimate of drug-likeness (QED) is 0.645. The monoisotopic (exact) mass is 420 g/mol. The summed E-state index contributed by atoms with van der Waals surface area (Å²) in [5.74, 6) is 1.41. The third kappa shape index (κ3) is 2.95. The molecule has 4 rings (SSSR count). The van der Waals surface area contributed by atoms with Crippen LogP contribution in [0, 0.1) is 5.92 Å². The number of aliphatic hydroxyl groups is 1. The molecule has 1 fully saturated rings. The average molecular weight is 421 g/mol. The lowest BCUT2D eigenvalue weighted by atomic mass is 9.71. The van der Waals surface area contributed by atoms with Gasteiger partial charge >= 0.3 is 0 Å². The van der Waals surface area contributed by atoms with Crippen molar-refractivity contribution < 1.29 is 24.4 Å². The lowest BCUT2D eigenvalue weighted by molar-refractivity contribution is -0.112. The molecule has 3 unspecified atom stereocenters. The van der Waals surface area contributed by atoms with Gasteiger partial charge in [0, 0.05) is 18.1 Å². The summed E-state index contributed by atoms with van der Waals surface area (Å²) < 4.78 is 17.5. The van der Waals surface area contributed by atoms with E-state index < -0.39 is 11.2 Å². The van der Waals surface area contributed by atoms with E-state index in [0.717, 1.165) is 16.9 Å². The number of allylic oxidation sites excluding steroid dienone is 4. The molecule has 2 aromatic carbocycles. The average Bonchev–Trinajstić information content (AvgIpc) is 3.21. The van der Waals surface area contributed by atoms with Gasteiger partial charge in [0.1, 0.15) is 28.6 Å². The smallest absolute Gasteiger partial charge is 0.174 e. The molecule has 5 nitrogen and oxygen atoms in total. The van der Waals surface area contributed by atoms with Crippen LogP contribution in [0.25, 0.3) is 0 Å². The SMILES string of the molecule is C=C/C(=C\C=C/C)C1CCC2(O)c3c(OC)cc(O)cc3OC12c1ccc(OC)cc1. The zero-order valence-corrected chi connectivity index (χ0v) is 18.1. The van der Waals surface area contributed by atoms with Crippen LogP contribution >= 0.6 is 0 Å². The van der Waals surface area contributed by atoms with Crippen molar-refractivity contribution in [2.45, 2.75) is 31.0 Å². The molecule has 1 saturated carbocycles. The zero-order valence-electron chi connectivity index (χ0n) is 18.1. The largest absolute Gasteiger partial charge is 0.508 e. The number of aromatic hydroxyl groups is 1. The number of hydrogen-bond acceptors (Lipinski definition) is 5. The third-order valence-corrected chi connectivity index (χ3v) is 6.49. The van der Waals surface area contributed by atoms with Crippen molar-refractivity contribution in [1.82, 2.24) is 0 Å². The van der Waals surface area contributed by atoms with E-state index in [4.69, 9.17) is 14.2 Å². The van der Waals surface area contributed by atoms with Crippen LogP contribution in [-0.4, -0.2) is 24.4 Å². The van der Waals surface area contributed by atoms with Gasteiger partial charge < -0.3 is 24.4 Å². The van der Waals surface area contributed by atoms with Crippen LogP contribution < -0.4 is 14.2 Å². The highest BCUT2D eigenvalue weighted by molar-refractivity contribution is 5.61. The molecule has 0 radical (unpaired) electrons. The molecular formula is C26H28O5. The normalized spacial score (nSPS) is 27.0. The summed E-state index contributed by atoms with van der Waals surface area (Å²) in [7, 11) is 3.15. The first kappa shape index (κ1) is 21.1. The van der Waals surface area contributed by atoms with Gasteiger partial charge in [-0.1, -0.05) is 43.0 Å². The highest BCUT2D eigenvalue weighted by Gasteiger charge is 2.69. The molecule has 1 heterocycles. The van der Waals surface area contributed by atoms with Gasteiger partial charge in [-0.2, -0.15) is 0 Å². The Bertz CT molecular complexity index is 1050. The first-order valence-corrected chi connectivity index (χ1v) is 10.4. The molecule has 0 saturated heterocycles. The van der Waals surface area contributed by atoms with Gasteiger partial charge in [0.25, 0.3) is 0 Å². The van der Waals surface area contributed by atoms with Gasteiger partial charge in [-0.05, 0) is 43.0 Å². The summed E-state index contributed by atoms with van der Waals surface area (Å²) in [4.78, 5) is 0. The Labute approximate surface area is 182 Å². The number of methoxy groups -OCH3 is 2. The summed E-state index contributed by atoms with van der Waals surface area (Å²) in [5, 5.41) is 22.5. The van der Waals surface area contributed by atoms with Gasteiger partial charge in [0.05, 0.1) is 19.8 Å². The van der Waals surface area contributed by atoms with Crippen LogP contribution in [0.15, 0.2) is 72.9 Å². The number of benzene rings is 2. The molecule has 1 aliphatic heterocycles. The van der Waals surface area contributed by atoms with Gasteiger partial charge in [0.15, 0.2) is 5.60 Å². The Kier molecular flexibility index (Phi) is 5.31. The first-order valence-electron chi connectivity index (χ1n) is 10.4. The molecule has 5 heteroatoms. The van der Waals surface area contributed by atoms with Crippen molar-refractivity contribution in [2.75, 3.05) is 14.2 Å². The molecular weight excluding hydrogens is 392 g/mol. The lowest BCUT2D eigenvalue weighted by Crippen LogP contribution is -2.49. The molecule has 31 heavy (non-hydrogen) atoms. The number of fused-ring (bicyclic) bond motifs is 3. The fraction of sp³-hybridized carbons (Fsp3) is 0.308. The van der Waals surface area contributed by atoms with Crippen LogP contribution in [0.4, 0.5) is 0 Å². The number of rotatable bonds is 6. The fourth-order valence-corrected chi connectivity index (χ4v) is 5.17. The number of hydrogen-bond donors (Lipinski definition) is 2. The summed E-state index contributed by atoms with van der Waals surface area (Å²) >= 11 is 0. The predicted molar refractivity (Wildman–Crippen MR) is 120 cm³/mol. The van der Waals surface area contributed by atoms with E-state index in [-0.39, 0.29) is 11.7 Å². The third-order valence-electron chi connectivity index (χ3n) is 6.49. The summed E-state index contributed by atoms with van der Waals surface area (Å²) in [6.07, 6.45) is 8.92. The molecule has 2 aromatic rings. The van der Waals surface area contributed by atoms with E-state index in [0.29, 0.717) is 29.9 Å². The summed E-state index contributed by atoms with van der Waals surface area (Å²) in [6.45, 7) is 5.98. The molecule has 0 spiro atoms. The Hall–Kier alpha value is -3.18. The minimum atomic E-state index is -1.35. The van der Waals surface area contributed by atoms with Crippen LogP contribution in [0.3, 0.4) is 0 Å². The van der Waals surface area contributed by atoms with Crippen molar-refractivity contribution >= 4 is 0 Å². The van der Waals surface area contributed by atoms with Gasteiger partial charge in [-0.15, -0.1) is 0 Å². The molecule has 2 N–H and O–H groups in total. The first-order chi connectivity index (χ1) is 14.9. The second kappa shape index (κ2) is 7.82. The lowest BCUT2D eigenvalue weighted by Gasteiger charge is -2.40. The maximum atomic E-state index is 12.3. The Morgan fingerprint density at radius 3 is 2.55 bits per heavy atom. The summed E-state index contributed by atoms with van der Waals surface area (Å²) in [6, 6.07) is 10.6. The Morgan fingerprint density at radius 1 is 1.19 bits per heavy atom. The second-order valence-corrected chi connectivity index (χ2v) is 7.94. The highest BCUT2D eigenvalue weighted by Crippen LogP contribution is 2.67. The van der Waals surface area contributed by atoms with E-state index in [1.54, 1.807) is 13.2 Å². The van der Waals surface area contributed by atoms with Crippen LogP contribution in [0.2, 0.25) is 0 Å². The fourth-order valence-electron chi connectivity index (χ4n) is 5.17. The van der Waals surface area contributed by atoms with Gasteiger partial charge in [-0.3, -0.25) is 0 Å². The Morgan fingerprint density at radius 2 is 1.94 bits per heavy atom. The van der Waals surface area contributed by atoms with Gasteiger partial charge in [-0.25, -0.2) is 0 Å². The highest BCUT2D eigenvalue weighted by atomic mass is 16.5. The maximum Gasteiger partial charge on any atom is 0.174 e. The molecule has 1 aliphatic carbocycles. The van der Waals surface area contributed by atoms with Crippen molar-refractivity contribution in [3.8, 4) is 23.0 Å². The molecule has 2 aliphatic rings. The van der Waals surface area contributed by atoms with Crippen LogP contribution in [0.1, 0.15) is 30.9 Å². The molecule has 0 bridgehead atoms. The molecule has 162 valence electrons. The topological polar surface area (TPSA) is 68.2 Å². The number of ether oxygens (including phenoxy) is 3. The van der Waals surface area contributed by atoms with E-state index in [9.17, 15) is 10.2 Å². The number of phenolic OH excluding ortho intramolecular Hbond substituents is 1. The number of phenols is 1. The standard InChI is InChI=1S/C26H28O5/c1-5-7-8-17(6-2)21-13-14-25(28)24-22(30-4)15-19(27)16-23(24)31-26(21,25)18-9-11-20(29-3)12-10-18/h5-12,15-16,21,27-28H,2,13-14H2,1,3-4H3/b7-5-,17-8+. The minimum Gasteiger partial charge on any atom is -0.508 e. The van der Waals surface area contributed by atoms with Crippen LogP contribution in [-0.2, 0) is 11.2 Å². The van der Waals surface area contributed by atoms with E-state index in [2.05, 4.69) is 6.58 Å². The van der Waals surface area contributed by atoms with Crippen molar-refractivity contribution in [3.05, 3.63) is 84.0 Å². The minimum absolute atomic E-state index is 0.0222. The van der Waals surface area contributed by atoms with E-state index in [1.165, 1.54) is 13.2 Å². The molecule has 0 aromatic heterocycles. The Balaban J connectivity index is 1.99. The van der Waals surface area contributed by atoms with Crippen molar-refractivity contribution in [2.24, 2.45) is 5.92 Å². The van der Waals surface area contributed by atoms with Crippen molar-refractivity contribution in [1.29, 1.82) is 0 Å². The predicted octanol–water partition coefficient (Wildman–Crippen LogP) is 4.98. The maximum absolute atomic E-state index is 12.3. The van der Waals surface area contributed by atoms with E-state index >= 15 is 0 Å². The van der Waals surface area contributed by atoms with E-state index in [1.807, 2.05) is 55.5 Å². The van der Waals surface area contributed by atoms with Gasteiger partial charge in [0.2, 0.25) is 0 Å². The molecule has 0 amide bonds. The zero-order chi connectivity index (χ0) is 22.2. The summed E-state index contributed by atoms with van der Waals surface area (Å²) in [5.41, 5.74) is -0.0890. The second-order valence-electron chi connectivity index (χ2n) is 7.94.